The van der Waals surface area contributed by atoms with E-state index in [1.54, 1.807) is 6.20 Å². The number of hydrogen-bond donors (Lipinski definition) is 0. The highest BCUT2D eigenvalue weighted by Crippen LogP contribution is 2.26. The Morgan fingerprint density at radius 3 is 2.81 bits per heavy atom. The van der Waals surface area contributed by atoms with Crippen molar-refractivity contribution in [1.29, 1.82) is 0 Å². The summed E-state index contributed by atoms with van der Waals surface area (Å²) < 4.78 is 4.66. The molecule has 2 aromatic rings. The molecule has 0 amide bonds. The Morgan fingerprint density at radius 2 is 2.12 bits per heavy atom. The normalized spacial score (nSPS) is 10.1. The molecule has 0 bridgehead atoms. The van der Waals surface area contributed by atoms with E-state index in [4.69, 9.17) is 11.6 Å². The fourth-order valence-corrected chi connectivity index (χ4v) is 2.18. The lowest BCUT2D eigenvalue weighted by molar-refractivity contribution is -0.129. The van der Waals surface area contributed by atoms with Crippen LogP contribution in [-0.4, -0.2) is 11.5 Å². The molecule has 1 aromatic carbocycles. The van der Waals surface area contributed by atoms with Crippen molar-refractivity contribution < 1.29 is 9.53 Å². The fraction of sp³-hybridized carbons (Fsp3) is 0.0909. The van der Waals surface area contributed by atoms with Crippen LogP contribution in [0.2, 0.25) is 5.02 Å². The minimum absolute atomic E-state index is 0.273. The number of thiazole rings is 1. The van der Waals surface area contributed by atoms with Crippen molar-refractivity contribution in [1.82, 2.24) is 4.98 Å². The van der Waals surface area contributed by atoms with E-state index < -0.39 is 0 Å². The molecule has 0 fully saturated rings. The highest BCUT2D eigenvalue weighted by molar-refractivity contribution is 7.15. The maximum absolute atomic E-state index is 10.0. The summed E-state index contributed by atoms with van der Waals surface area (Å²) in [6.45, 7) is 0.705. The van der Waals surface area contributed by atoms with Crippen LogP contribution in [-0.2, 0) is 16.1 Å². The van der Waals surface area contributed by atoms with E-state index in [1.165, 1.54) is 11.3 Å². The number of hydrogen-bond acceptors (Lipinski definition) is 4. The SMILES string of the molecule is O=COCc1cnc(-c2ccc(Cl)cc2)s1. The molecular formula is C11H8ClNO2S. The van der Waals surface area contributed by atoms with Crippen LogP contribution < -0.4 is 0 Å². The molecule has 5 heteroatoms. The summed E-state index contributed by atoms with van der Waals surface area (Å²) >= 11 is 7.29. The van der Waals surface area contributed by atoms with Crippen LogP contribution >= 0.6 is 22.9 Å². The van der Waals surface area contributed by atoms with Crippen molar-refractivity contribution in [3.63, 3.8) is 0 Å². The molecule has 1 heterocycles. The van der Waals surface area contributed by atoms with E-state index >= 15 is 0 Å². The predicted octanol–water partition coefficient (Wildman–Crippen LogP) is 3.14. The van der Waals surface area contributed by atoms with E-state index in [0.29, 0.717) is 11.5 Å². The van der Waals surface area contributed by atoms with Gasteiger partial charge >= 0.3 is 0 Å². The van der Waals surface area contributed by atoms with E-state index in [-0.39, 0.29) is 6.61 Å². The average molecular weight is 254 g/mol. The number of carbonyl (C=O) groups excluding carboxylic acids is 1. The molecule has 0 saturated heterocycles. The molecular weight excluding hydrogens is 246 g/mol. The summed E-state index contributed by atoms with van der Waals surface area (Å²) in [7, 11) is 0. The maximum Gasteiger partial charge on any atom is 0.293 e. The topological polar surface area (TPSA) is 39.2 Å². The Balaban J connectivity index is 2.17. The molecule has 16 heavy (non-hydrogen) atoms. The quantitative estimate of drug-likeness (QED) is 0.786. The molecule has 0 spiro atoms. The number of rotatable bonds is 4. The molecule has 2 rings (SSSR count). The van der Waals surface area contributed by atoms with E-state index in [0.717, 1.165) is 15.4 Å². The highest BCUT2D eigenvalue weighted by atomic mass is 35.5. The Hall–Kier alpha value is -1.39. The number of aromatic nitrogens is 1. The van der Waals surface area contributed by atoms with Gasteiger partial charge in [0.05, 0.1) is 4.88 Å². The van der Waals surface area contributed by atoms with Gasteiger partial charge < -0.3 is 4.74 Å². The monoisotopic (exact) mass is 253 g/mol. The molecule has 0 aliphatic rings. The summed E-state index contributed by atoms with van der Waals surface area (Å²) in [5.41, 5.74) is 1.01. The molecule has 1 aromatic heterocycles. The predicted molar refractivity (Wildman–Crippen MR) is 63.4 cm³/mol. The van der Waals surface area contributed by atoms with Gasteiger partial charge in [0.2, 0.25) is 0 Å². The van der Waals surface area contributed by atoms with Crippen LogP contribution in [0.25, 0.3) is 10.6 Å². The van der Waals surface area contributed by atoms with Gasteiger partial charge in [-0.3, -0.25) is 4.79 Å². The van der Waals surface area contributed by atoms with Gasteiger partial charge in [-0.15, -0.1) is 11.3 Å². The van der Waals surface area contributed by atoms with E-state index in [9.17, 15) is 4.79 Å². The Morgan fingerprint density at radius 1 is 1.38 bits per heavy atom. The zero-order valence-electron chi connectivity index (χ0n) is 8.22. The molecule has 3 nitrogen and oxygen atoms in total. The first-order chi connectivity index (χ1) is 7.79. The van der Waals surface area contributed by atoms with Gasteiger partial charge in [-0.1, -0.05) is 23.7 Å². The maximum atomic E-state index is 10.0. The van der Waals surface area contributed by atoms with Gasteiger partial charge in [-0.25, -0.2) is 4.98 Å². The summed E-state index contributed by atoms with van der Waals surface area (Å²) in [5.74, 6) is 0. The lowest BCUT2D eigenvalue weighted by Gasteiger charge is -1.95. The van der Waals surface area contributed by atoms with Crippen molar-refractivity contribution in [2.24, 2.45) is 0 Å². The van der Waals surface area contributed by atoms with Gasteiger partial charge in [-0.05, 0) is 12.1 Å². The molecule has 0 atom stereocenters. The average Bonchev–Trinajstić information content (AvgIpc) is 2.76. The summed E-state index contributed by atoms with van der Waals surface area (Å²) in [6.07, 6.45) is 1.71. The third-order valence-corrected chi connectivity index (χ3v) is 3.21. The van der Waals surface area contributed by atoms with Gasteiger partial charge in [0.1, 0.15) is 11.6 Å². The fourth-order valence-electron chi connectivity index (χ4n) is 1.22. The van der Waals surface area contributed by atoms with E-state index in [1.807, 2.05) is 24.3 Å². The minimum atomic E-state index is 0.273. The Kier molecular flexibility index (Phi) is 3.54. The molecule has 0 N–H and O–H groups in total. The second-order valence-corrected chi connectivity index (χ2v) is 4.60. The summed E-state index contributed by atoms with van der Waals surface area (Å²) in [6, 6.07) is 7.46. The van der Waals surface area contributed by atoms with Crippen LogP contribution in [0.3, 0.4) is 0 Å². The molecule has 0 unspecified atom stereocenters. The van der Waals surface area contributed by atoms with Gasteiger partial charge in [0.25, 0.3) is 6.47 Å². The van der Waals surface area contributed by atoms with Crippen molar-refractivity contribution in [3.05, 3.63) is 40.4 Å². The molecule has 0 aliphatic heterocycles. The zero-order valence-corrected chi connectivity index (χ0v) is 9.79. The lowest BCUT2D eigenvalue weighted by atomic mass is 10.2. The van der Waals surface area contributed by atoms with Gasteiger partial charge in [0.15, 0.2) is 0 Å². The van der Waals surface area contributed by atoms with Crippen molar-refractivity contribution in [2.75, 3.05) is 0 Å². The number of benzene rings is 1. The third kappa shape index (κ3) is 2.59. The summed E-state index contributed by atoms with van der Waals surface area (Å²) in [4.78, 5) is 15.2. The molecule has 0 radical (unpaired) electrons. The highest BCUT2D eigenvalue weighted by Gasteiger charge is 2.04. The van der Waals surface area contributed by atoms with E-state index in [2.05, 4.69) is 9.72 Å². The zero-order chi connectivity index (χ0) is 11.4. The lowest BCUT2D eigenvalue weighted by Crippen LogP contribution is -1.84. The Labute approximate surface area is 102 Å². The van der Waals surface area contributed by atoms with Crippen LogP contribution in [0.5, 0.6) is 0 Å². The summed E-state index contributed by atoms with van der Waals surface area (Å²) in [5, 5.41) is 1.59. The largest absolute Gasteiger partial charge is 0.462 e. The molecule has 0 saturated carbocycles. The molecule has 0 aliphatic carbocycles. The number of carbonyl (C=O) groups is 1. The van der Waals surface area contributed by atoms with Crippen LogP contribution in [0, 0.1) is 0 Å². The van der Waals surface area contributed by atoms with Crippen molar-refractivity contribution in [3.8, 4) is 10.6 Å². The van der Waals surface area contributed by atoms with Crippen LogP contribution in [0.4, 0.5) is 0 Å². The third-order valence-electron chi connectivity index (χ3n) is 1.94. The number of halogens is 1. The smallest absolute Gasteiger partial charge is 0.293 e. The standard InChI is InChI=1S/C11H8ClNO2S/c12-9-3-1-8(2-4-9)11-13-5-10(16-11)6-15-7-14/h1-5,7H,6H2. The second kappa shape index (κ2) is 5.09. The second-order valence-electron chi connectivity index (χ2n) is 3.05. The first kappa shape index (κ1) is 11.1. The van der Waals surface area contributed by atoms with Crippen molar-refractivity contribution >= 4 is 29.4 Å². The number of ether oxygens (including phenoxy) is 1. The number of nitrogens with zero attached hydrogens (tertiary/aromatic N) is 1. The first-order valence-electron chi connectivity index (χ1n) is 4.55. The Bertz CT molecular complexity index is 481. The van der Waals surface area contributed by atoms with Crippen LogP contribution in [0.15, 0.2) is 30.5 Å². The van der Waals surface area contributed by atoms with Crippen molar-refractivity contribution in [2.45, 2.75) is 6.61 Å². The molecule has 82 valence electrons. The first-order valence-corrected chi connectivity index (χ1v) is 5.75. The minimum Gasteiger partial charge on any atom is -0.462 e. The van der Waals surface area contributed by atoms with Gasteiger partial charge in [-0.2, -0.15) is 0 Å². The van der Waals surface area contributed by atoms with Crippen LogP contribution in [0.1, 0.15) is 4.88 Å². The van der Waals surface area contributed by atoms with Gasteiger partial charge in [0, 0.05) is 16.8 Å².